The van der Waals surface area contributed by atoms with E-state index in [1.165, 1.54) is 5.56 Å². The Bertz CT molecular complexity index is 807. The lowest BCUT2D eigenvalue weighted by Crippen LogP contribution is -1.93. The van der Waals surface area contributed by atoms with Gasteiger partial charge in [-0.05, 0) is 42.0 Å². The van der Waals surface area contributed by atoms with Crippen molar-refractivity contribution in [3.63, 3.8) is 0 Å². The van der Waals surface area contributed by atoms with Crippen molar-refractivity contribution < 1.29 is 10.2 Å². The SMILES string of the molecule is Oc1ccc2c(c1)SCc1c-2[nH]c2ccc(O)cc12. The molecule has 3 nitrogen and oxygen atoms in total. The second kappa shape index (κ2) is 3.71. The minimum Gasteiger partial charge on any atom is -0.508 e. The van der Waals surface area contributed by atoms with Gasteiger partial charge in [-0.15, -0.1) is 11.8 Å². The van der Waals surface area contributed by atoms with Crippen molar-refractivity contribution in [3.05, 3.63) is 42.0 Å². The van der Waals surface area contributed by atoms with Crippen LogP contribution in [0.5, 0.6) is 11.5 Å². The summed E-state index contributed by atoms with van der Waals surface area (Å²) in [5.74, 6) is 1.43. The lowest BCUT2D eigenvalue weighted by Gasteiger charge is -2.16. The average Bonchev–Trinajstić information content (AvgIpc) is 2.76. The van der Waals surface area contributed by atoms with Crippen molar-refractivity contribution >= 4 is 22.7 Å². The van der Waals surface area contributed by atoms with Crippen LogP contribution in [0.3, 0.4) is 0 Å². The molecule has 19 heavy (non-hydrogen) atoms. The van der Waals surface area contributed by atoms with Crippen LogP contribution in [0, 0.1) is 0 Å². The molecule has 0 amide bonds. The minimum absolute atomic E-state index is 0.288. The molecule has 0 radical (unpaired) electrons. The number of aromatic hydroxyl groups is 2. The van der Waals surface area contributed by atoms with Gasteiger partial charge in [0, 0.05) is 27.1 Å². The number of benzene rings is 2. The van der Waals surface area contributed by atoms with E-state index in [4.69, 9.17) is 0 Å². The Balaban J connectivity index is 2.04. The summed E-state index contributed by atoms with van der Waals surface area (Å²) in [6.45, 7) is 0. The average molecular weight is 269 g/mol. The molecule has 0 saturated carbocycles. The number of aromatic nitrogens is 1. The van der Waals surface area contributed by atoms with Gasteiger partial charge in [-0.1, -0.05) is 0 Å². The van der Waals surface area contributed by atoms with Crippen LogP contribution < -0.4 is 0 Å². The zero-order valence-corrected chi connectivity index (χ0v) is 10.8. The number of fused-ring (bicyclic) bond motifs is 5. The minimum atomic E-state index is 0.288. The van der Waals surface area contributed by atoms with Crippen molar-refractivity contribution in [2.45, 2.75) is 10.6 Å². The number of thioether (sulfide) groups is 1. The van der Waals surface area contributed by atoms with E-state index in [0.29, 0.717) is 5.75 Å². The predicted molar refractivity (Wildman–Crippen MR) is 76.6 cm³/mol. The topological polar surface area (TPSA) is 56.2 Å². The summed E-state index contributed by atoms with van der Waals surface area (Å²) in [5.41, 5.74) is 4.45. The third kappa shape index (κ3) is 1.53. The zero-order valence-electron chi connectivity index (χ0n) is 9.97. The van der Waals surface area contributed by atoms with Crippen LogP contribution in [0.2, 0.25) is 0 Å². The summed E-state index contributed by atoms with van der Waals surface area (Å²) < 4.78 is 0. The number of rotatable bonds is 0. The Labute approximate surface area is 113 Å². The van der Waals surface area contributed by atoms with Crippen molar-refractivity contribution in [1.29, 1.82) is 0 Å². The van der Waals surface area contributed by atoms with Gasteiger partial charge in [-0.3, -0.25) is 0 Å². The van der Waals surface area contributed by atoms with E-state index in [0.717, 1.165) is 32.8 Å². The molecule has 2 heterocycles. The second-order valence-electron chi connectivity index (χ2n) is 4.68. The Morgan fingerprint density at radius 2 is 1.79 bits per heavy atom. The van der Waals surface area contributed by atoms with Crippen LogP contribution in [0.25, 0.3) is 22.2 Å². The highest BCUT2D eigenvalue weighted by Crippen LogP contribution is 2.45. The molecule has 0 fully saturated rings. The Kier molecular flexibility index (Phi) is 2.11. The zero-order chi connectivity index (χ0) is 13.0. The molecule has 0 atom stereocenters. The van der Waals surface area contributed by atoms with E-state index in [2.05, 4.69) is 4.98 Å². The predicted octanol–water partition coefficient (Wildman–Crippen LogP) is 3.85. The summed E-state index contributed by atoms with van der Waals surface area (Å²) in [7, 11) is 0. The Morgan fingerprint density at radius 1 is 1.00 bits per heavy atom. The number of H-pyrrole nitrogens is 1. The van der Waals surface area contributed by atoms with Crippen LogP contribution in [-0.2, 0) is 5.75 Å². The normalized spacial score (nSPS) is 13.3. The van der Waals surface area contributed by atoms with Gasteiger partial charge < -0.3 is 15.2 Å². The highest BCUT2D eigenvalue weighted by molar-refractivity contribution is 7.98. The van der Waals surface area contributed by atoms with Crippen molar-refractivity contribution in [2.75, 3.05) is 0 Å². The monoisotopic (exact) mass is 269 g/mol. The Morgan fingerprint density at radius 3 is 2.68 bits per heavy atom. The summed E-state index contributed by atoms with van der Waals surface area (Å²) in [6.07, 6.45) is 0. The fraction of sp³-hybridized carbons (Fsp3) is 0.0667. The van der Waals surface area contributed by atoms with Gasteiger partial charge in [0.15, 0.2) is 0 Å². The third-order valence-corrected chi connectivity index (χ3v) is 4.58. The molecule has 1 aliphatic heterocycles. The molecule has 0 spiro atoms. The fourth-order valence-corrected chi connectivity index (χ4v) is 3.73. The molecule has 0 bridgehead atoms. The van der Waals surface area contributed by atoms with Crippen molar-refractivity contribution in [2.24, 2.45) is 0 Å². The molecular weight excluding hydrogens is 258 g/mol. The molecular formula is C15H11NO2S. The summed E-state index contributed by atoms with van der Waals surface area (Å²) in [4.78, 5) is 4.50. The number of aromatic amines is 1. The molecule has 0 saturated heterocycles. The molecule has 0 unspecified atom stereocenters. The largest absolute Gasteiger partial charge is 0.508 e. The van der Waals surface area contributed by atoms with Crippen molar-refractivity contribution in [3.8, 4) is 22.8 Å². The number of hydrogen-bond acceptors (Lipinski definition) is 3. The quantitative estimate of drug-likeness (QED) is 0.581. The third-order valence-electron chi connectivity index (χ3n) is 3.50. The van der Waals surface area contributed by atoms with Gasteiger partial charge in [0.1, 0.15) is 11.5 Å². The van der Waals surface area contributed by atoms with Gasteiger partial charge >= 0.3 is 0 Å². The van der Waals surface area contributed by atoms with Crippen molar-refractivity contribution in [1.82, 2.24) is 4.98 Å². The standard InChI is InChI=1S/C15H11NO2S/c17-8-2-4-13-11(5-8)12-7-19-14-6-9(18)1-3-10(14)15(12)16-13/h1-6,16-18H,7H2. The summed E-state index contributed by atoms with van der Waals surface area (Å²) in [6, 6.07) is 10.8. The number of phenols is 2. The van der Waals surface area contributed by atoms with Gasteiger partial charge in [-0.2, -0.15) is 0 Å². The van der Waals surface area contributed by atoms with Gasteiger partial charge in [0.25, 0.3) is 0 Å². The summed E-state index contributed by atoms with van der Waals surface area (Å²) >= 11 is 1.71. The van der Waals surface area contributed by atoms with Gasteiger partial charge in [0.05, 0.1) is 5.69 Å². The molecule has 2 aromatic carbocycles. The maximum atomic E-state index is 9.63. The van der Waals surface area contributed by atoms with E-state index >= 15 is 0 Å². The molecule has 1 aliphatic rings. The Hall–Kier alpha value is -2.07. The first-order valence-electron chi connectivity index (χ1n) is 6.02. The number of hydrogen-bond donors (Lipinski definition) is 3. The molecule has 4 heteroatoms. The first kappa shape index (κ1) is 10.8. The highest BCUT2D eigenvalue weighted by Gasteiger charge is 2.21. The van der Waals surface area contributed by atoms with Gasteiger partial charge in [0.2, 0.25) is 0 Å². The fourth-order valence-electron chi connectivity index (χ4n) is 2.60. The van der Waals surface area contributed by atoms with Crippen LogP contribution in [-0.4, -0.2) is 15.2 Å². The second-order valence-corrected chi connectivity index (χ2v) is 5.69. The van der Waals surface area contributed by atoms with Crippen LogP contribution in [0.15, 0.2) is 41.3 Å². The lowest BCUT2D eigenvalue weighted by molar-refractivity contribution is 0.474. The number of nitrogens with one attached hydrogen (secondary N) is 1. The smallest absolute Gasteiger partial charge is 0.116 e. The molecule has 94 valence electrons. The maximum absolute atomic E-state index is 9.63. The molecule has 3 aromatic rings. The van der Waals surface area contributed by atoms with Crippen LogP contribution in [0.1, 0.15) is 5.56 Å². The van der Waals surface area contributed by atoms with Crippen LogP contribution in [0.4, 0.5) is 0 Å². The maximum Gasteiger partial charge on any atom is 0.116 e. The lowest BCUT2D eigenvalue weighted by atomic mass is 10.1. The molecule has 4 rings (SSSR count). The van der Waals surface area contributed by atoms with Crippen LogP contribution >= 0.6 is 11.8 Å². The number of phenolic OH excluding ortho intramolecular Hbond substituents is 2. The van der Waals surface area contributed by atoms with E-state index in [9.17, 15) is 10.2 Å². The van der Waals surface area contributed by atoms with E-state index in [-0.39, 0.29) is 5.75 Å². The van der Waals surface area contributed by atoms with E-state index in [1.807, 2.05) is 12.1 Å². The van der Waals surface area contributed by atoms with E-state index in [1.54, 1.807) is 36.0 Å². The molecule has 1 aromatic heterocycles. The van der Waals surface area contributed by atoms with E-state index < -0.39 is 0 Å². The molecule has 3 N–H and O–H groups in total. The first-order chi connectivity index (χ1) is 9.22. The molecule has 0 aliphatic carbocycles. The van der Waals surface area contributed by atoms with Gasteiger partial charge in [-0.25, -0.2) is 0 Å². The first-order valence-corrected chi connectivity index (χ1v) is 7.01. The summed E-state index contributed by atoms with van der Waals surface area (Å²) in [5, 5.41) is 20.3. The highest BCUT2D eigenvalue weighted by atomic mass is 32.2.